The Bertz CT molecular complexity index is 236. The zero-order valence-corrected chi connectivity index (χ0v) is 8.25. The van der Waals surface area contributed by atoms with E-state index in [1.807, 2.05) is 42.5 Å². The lowest BCUT2D eigenvalue weighted by atomic mass is 10.2. The highest BCUT2D eigenvalue weighted by Crippen LogP contribution is 1.99. The molecule has 64 valence electrons. The van der Waals surface area contributed by atoms with Gasteiger partial charge in [0, 0.05) is 6.54 Å². The third kappa shape index (κ3) is 3.46. The maximum Gasteiger partial charge on any atom is 0.289 e. The Morgan fingerprint density at radius 1 is 1.33 bits per heavy atom. The standard InChI is InChI=1S/C9H12FNSi/c10-12-11-8-4-7-9-5-2-1-3-6-9/h1-7,11H,8,12H2. The first-order valence-electron chi connectivity index (χ1n) is 3.92. The van der Waals surface area contributed by atoms with Crippen LogP contribution in [0.2, 0.25) is 0 Å². The van der Waals surface area contributed by atoms with Crippen molar-refractivity contribution in [2.24, 2.45) is 0 Å². The number of halogens is 1. The number of nitrogens with one attached hydrogen (secondary N) is 1. The Morgan fingerprint density at radius 3 is 2.75 bits per heavy atom. The minimum atomic E-state index is -1.49. The summed E-state index contributed by atoms with van der Waals surface area (Å²) in [7, 11) is -1.49. The van der Waals surface area contributed by atoms with Crippen LogP contribution >= 0.6 is 0 Å². The molecule has 12 heavy (non-hydrogen) atoms. The lowest BCUT2D eigenvalue weighted by Crippen LogP contribution is -2.14. The van der Waals surface area contributed by atoms with E-state index in [4.69, 9.17) is 0 Å². The number of benzene rings is 1. The van der Waals surface area contributed by atoms with Crippen LogP contribution in [0.1, 0.15) is 5.56 Å². The second-order valence-electron chi connectivity index (χ2n) is 2.40. The van der Waals surface area contributed by atoms with Crippen LogP contribution in [0.5, 0.6) is 0 Å². The van der Waals surface area contributed by atoms with Crippen LogP contribution in [-0.2, 0) is 0 Å². The summed E-state index contributed by atoms with van der Waals surface area (Å²) in [5.41, 5.74) is 1.15. The molecule has 1 nitrogen and oxygen atoms in total. The van der Waals surface area contributed by atoms with Gasteiger partial charge >= 0.3 is 0 Å². The SMILES string of the molecule is F[SiH2]NCC=Cc1ccccc1. The van der Waals surface area contributed by atoms with Crippen LogP contribution in [0.3, 0.4) is 0 Å². The van der Waals surface area contributed by atoms with E-state index in [1.54, 1.807) is 0 Å². The summed E-state index contributed by atoms with van der Waals surface area (Å²) in [4.78, 5) is 2.70. The second-order valence-corrected chi connectivity index (χ2v) is 3.17. The molecule has 0 unspecified atom stereocenters. The van der Waals surface area contributed by atoms with Gasteiger partial charge in [0.15, 0.2) is 0 Å². The molecule has 1 aromatic rings. The lowest BCUT2D eigenvalue weighted by Gasteiger charge is -1.92. The quantitative estimate of drug-likeness (QED) is 0.419. The molecule has 0 aliphatic heterocycles. The van der Waals surface area contributed by atoms with Crippen molar-refractivity contribution in [1.29, 1.82) is 0 Å². The molecule has 0 saturated heterocycles. The molecule has 0 amide bonds. The molecular weight excluding hydrogens is 169 g/mol. The van der Waals surface area contributed by atoms with Gasteiger partial charge in [0.2, 0.25) is 0 Å². The average Bonchev–Trinajstić information content (AvgIpc) is 2.14. The average molecular weight is 181 g/mol. The Kier molecular flexibility index (Phi) is 4.34. The molecule has 0 heterocycles. The van der Waals surface area contributed by atoms with Crippen LogP contribution < -0.4 is 4.98 Å². The van der Waals surface area contributed by atoms with Gasteiger partial charge in [0.1, 0.15) is 0 Å². The van der Waals surface area contributed by atoms with Gasteiger partial charge < -0.3 is 9.09 Å². The summed E-state index contributed by atoms with van der Waals surface area (Å²) in [6, 6.07) is 9.98. The highest BCUT2D eigenvalue weighted by molar-refractivity contribution is 6.22. The van der Waals surface area contributed by atoms with Gasteiger partial charge in [0.25, 0.3) is 10.0 Å². The molecule has 0 atom stereocenters. The van der Waals surface area contributed by atoms with Gasteiger partial charge in [-0.15, -0.1) is 0 Å². The molecule has 0 saturated carbocycles. The fraction of sp³-hybridized carbons (Fsp3) is 0.111. The van der Waals surface area contributed by atoms with E-state index in [2.05, 4.69) is 4.98 Å². The molecule has 1 aromatic carbocycles. The van der Waals surface area contributed by atoms with Gasteiger partial charge in [0.05, 0.1) is 0 Å². The van der Waals surface area contributed by atoms with Gasteiger partial charge in [-0.05, 0) is 5.56 Å². The van der Waals surface area contributed by atoms with Crippen molar-refractivity contribution in [2.75, 3.05) is 6.54 Å². The summed E-state index contributed by atoms with van der Waals surface area (Å²) >= 11 is 0. The van der Waals surface area contributed by atoms with Crippen LogP contribution in [0.25, 0.3) is 6.08 Å². The van der Waals surface area contributed by atoms with Crippen molar-refractivity contribution in [3.63, 3.8) is 0 Å². The van der Waals surface area contributed by atoms with Crippen molar-refractivity contribution in [1.82, 2.24) is 4.98 Å². The second kappa shape index (κ2) is 5.68. The van der Waals surface area contributed by atoms with Gasteiger partial charge in [-0.1, -0.05) is 42.5 Å². The molecule has 0 spiro atoms. The topological polar surface area (TPSA) is 12.0 Å². The first kappa shape index (κ1) is 9.16. The van der Waals surface area contributed by atoms with E-state index in [0.29, 0.717) is 6.54 Å². The summed E-state index contributed by atoms with van der Waals surface area (Å²) in [5, 5.41) is 0. The van der Waals surface area contributed by atoms with Gasteiger partial charge in [-0.25, -0.2) is 0 Å². The Labute approximate surface area is 74.4 Å². The van der Waals surface area contributed by atoms with E-state index < -0.39 is 10.0 Å². The molecule has 3 heteroatoms. The number of hydrogen-bond donors (Lipinski definition) is 1. The molecule has 0 bridgehead atoms. The number of rotatable bonds is 4. The first-order chi connectivity index (χ1) is 5.93. The van der Waals surface area contributed by atoms with Crippen molar-refractivity contribution in [3.05, 3.63) is 42.0 Å². The molecule has 0 aliphatic carbocycles. The fourth-order valence-corrected chi connectivity index (χ4v) is 1.17. The van der Waals surface area contributed by atoms with Crippen LogP contribution in [0, 0.1) is 0 Å². The minimum Gasteiger partial charge on any atom is -0.314 e. The van der Waals surface area contributed by atoms with Crippen LogP contribution in [0.15, 0.2) is 36.4 Å². The summed E-state index contributed by atoms with van der Waals surface area (Å²) < 4.78 is 11.7. The van der Waals surface area contributed by atoms with Crippen molar-refractivity contribution >= 4 is 16.1 Å². The monoisotopic (exact) mass is 181 g/mol. The van der Waals surface area contributed by atoms with E-state index >= 15 is 0 Å². The van der Waals surface area contributed by atoms with E-state index in [0.717, 1.165) is 5.56 Å². The Balaban J connectivity index is 2.36. The predicted octanol–water partition coefficient (Wildman–Crippen LogP) is 1.26. The molecular formula is C9H12FNSi. The van der Waals surface area contributed by atoms with Crippen molar-refractivity contribution in [3.8, 4) is 0 Å². The fourth-order valence-electron chi connectivity index (χ4n) is 0.897. The van der Waals surface area contributed by atoms with Gasteiger partial charge in [-0.2, -0.15) is 0 Å². The van der Waals surface area contributed by atoms with E-state index in [1.165, 1.54) is 0 Å². The normalized spacial score (nSPS) is 11.8. The highest BCUT2D eigenvalue weighted by atomic mass is 28.3. The zero-order valence-electron chi connectivity index (χ0n) is 6.83. The first-order valence-corrected chi connectivity index (χ1v) is 5.16. The molecule has 0 aliphatic rings. The third-order valence-electron chi connectivity index (χ3n) is 1.47. The Hall–Kier alpha value is -0.933. The summed E-state index contributed by atoms with van der Waals surface area (Å²) in [6.45, 7) is 0.637. The lowest BCUT2D eigenvalue weighted by molar-refractivity contribution is 0.823. The molecule has 1 rings (SSSR count). The number of hydrogen-bond acceptors (Lipinski definition) is 1. The molecule has 0 aromatic heterocycles. The van der Waals surface area contributed by atoms with Crippen LogP contribution in [0.4, 0.5) is 4.11 Å². The predicted molar refractivity (Wildman–Crippen MR) is 53.1 cm³/mol. The maximum atomic E-state index is 11.7. The smallest absolute Gasteiger partial charge is 0.289 e. The third-order valence-corrected chi connectivity index (χ3v) is 1.94. The van der Waals surface area contributed by atoms with Gasteiger partial charge in [-0.3, -0.25) is 0 Å². The van der Waals surface area contributed by atoms with Crippen LogP contribution in [-0.4, -0.2) is 16.6 Å². The Morgan fingerprint density at radius 2 is 2.08 bits per heavy atom. The van der Waals surface area contributed by atoms with E-state index in [9.17, 15) is 4.11 Å². The highest BCUT2D eigenvalue weighted by Gasteiger charge is 1.82. The summed E-state index contributed by atoms with van der Waals surface area (Å²) in [5.74, 6) is 0. The van der Waals surface area contributed by atoms with Crippen molar-refractivity contribution < 1.29 is 4.11 Å². The zero-order chi connectivity index (χ0) is 8.65. The maximum absolute atomic E-state index is 11.7. The minimum absolute atomic E-state index is 0.637. The largest absolute Gasteiger partial charge is 0.314 e. The van der Waals surface area contributed by atoms with E-state index in [-0.39, 0.29) is 0 Å². The molecule has 0 fully saturated rings. The van der Waals surface area contributed by atoms with Crippen molar-refractivity contribution in [2.45, 2.75) is 0 Å². The molecule has 1 N–H and O–H groups in total. The summed E-state index contributed by atoms with van der Waals surface area (Å²) in [6.07, 6.45) is 3.92. The molecule has 0 radical (unpaired) electrons.